The molecule has 4 rings (SSSR count). The van der Waals surface area contributed by atoms with Gasteiger partial charge in [-0.2, -0.15) is 5.26 Å². The Morgan fingerprint density at radius 3 is 2.62 bits per heavy atom. The summed E-state index contributed by atoms with van der Waals surface area (Å²) in [5, 5.41) is 10.1. The molecule has 26 heavy (non-hydrogen) atoms. The van der Waals surface area contributed by atoms with E-state index in [1.165, 1.54) is 29.5 Å². The number of hydrogen-bond donors (Lipinski definition) is 0. The summed E-state index contributed by atoms with van der Waals surface area (Å²) in [5.74, 6) is 0.766. The number of benzene rings is 2. The molecule has 0 saturated carbocycles. The highest BCUT2D eigenvalue weighted by molar-refractivity contribution is 5.92. The Kier molecular flexibility index (Phi) is 4.45. The molecular weight excluding hydrogens is 322 g/mol. The zero-order valence-corrected chi connectivity index (χ0v) is 14.9. The summed E-state index contributed by atoms with van der Waals surface area (Å²) in [6.07, 6.45) is 4.43. The first-order valence-electron chi connectivity index (χ1n) is 9.01. The van der Waals surface area contributed by atoms with Gasteiger partial charge in [-0.25, -0.2) is 0 Å². The second-order valence-electron chi connectivity index (χ2n) is 6.74. The fraction of sp³-hybridized carbons (Fsp3) is 0.273. The van der Waals surface area contributed by atoms with Crippen molar-refractivity contribution in [2.45, 2.75) is 26.4 Å². The van der Waals surface area contributed by atoms with Crippen LogP contribution in [-0.2, 0) is 6.61 Å². The van der Waals surface area contributed by atoms with Crippen LogP contribution in [0.25, 0.3) is 10.9 Å². The monoisotopic (exact) mass is 343 g/mol. The molecule has 0 atom stereocenters. The van der Waals surface area contributed by atoms with Gasteiger partial charge in [-0.15, -0.1) is 0 Å². The molecule has 0 bridgehead atoms. The Hall–Kier alpha value is -3.06. The van der Waals surface area contributed by atoms with Crippen molar-refractivity contribution >= 4 is 16.6 Å². The number of nitriles is 1. The number of fused-ring (bicyclic) bond motifs is 1. The van der Waals surface area contributed by atoms with Crippen molar-refractivity contribution < 1.29 is 4.74 Å². The van der Waals surface area contributed by atoms with Crippen LogP contribution in [0.3, 0.4) is 0 Å². The summed E-state index contributed by atoms with van der Waals surface area (Å²) in [6.45, 7) is 4.87. The van der Waals surface area contributed by atoms with Crippen LogP contribution in [-0.4, -0.2) is 18.1 Å². The average Bonchev–Trinajstić information content (AvgIpc) is 3.21. The second-order valence-corrected chi connectivity index (χ2v) is 6.74. The van der Waals surface area contributed by atoms with Crippen LogP contribution in [0.1, 0.15) is 29.5 Å². The van der Waals surface area contributed by atoms with Crippen LogP contribution >= 0.6 is 0 Å². The highest BCUT2D eigenvalue weighted by Crippen LogP contribution is 2.30. The van der Waals surface area contributed by atoms with Crippen molar-refractivity contribution in [1.82, 2.24) is 4.98 Å². The predicted octanol–water partition coefficient (Wildman–Crippen LogP) is 4.59. The Balaban J connectivity index is 1.59. The first-order chi connectivity index (χ1) is 12.7. The third-order valence-electron chi connectivity index (χ3n) is 5.00. The fourth-order valence-electron chi connectivity index (χ4n) is 3.51. The molecule has 4 nitrogen and oxygen atoms in total. The summed E-state index contributed by atoms with van der Waals surface area (Å²) >= 11 is 0. The molecule has 2 aromatic carbocycles. The van der Waals surface area contributed by atoms with Gasteiger partial charge in [0.2, 0.25) is 0 Å². The largest absolute Gasteiger partial charge is 0.489 e. The van der Waals surface area contributed by atoms with Gasteiger partial charge in [0.15, 0.2) is 0 Å². The lowest BCUT2D eigenvalue weighted by molar-refractivity contribution is 0.305. The number of nitrogens with zero attached hydrogens (tertiary/aromatic N) is 3. The minimum Gasteiger partial charge on any atom is -0.489 e. The maximum Gasteiger partial charge on any atom is 0.119 e. The Morgan fingerprint density at radius 2 is 1.88 bits per heavy atom. The molecule has 0 radical (unpaired) electrons. The molecule has 1 fully saturated rings. The predicted molar refractivity (Wildman–Crippen MR) is 103 cm³/mol. The minimum atomic E-state index is 0.489. The van der Waals surface area contributed by atoms with Gasteiger partial charge in [-0.05, 0) is 73.4 Å². The van der Waals surface area contributed by atoms with Gasteiger partial charge in [-0.1, -0.05) is 0 Å². The highest BCUT2D eigenvalue weighted by Gasteiger charge is 2.16. The average molecular weight is 343 g/mol. The van der Waals surface area contributed by atoms with Gasteiger partial charge in [0.1, 0.15) is 12.4 Å². The lowest BCUT2D eigenvalue weighted by Crippen LogP contribution is -2.18. The highest BCUT2D eigenvalue weighted by atomic mass is 16.5. The first kappa shape index (κ1) is 16.4. The van der Waals surface area contributed by atoms with Crippen LogP contribution in [0.15, 0.2) is 48.7 Å². The number of pyridine rings is 1. The molecule has 1 aliphatic heterocycles. The topological polar surface area (TPSA) is 49.2 Å². The maximum absolute atomic E-state index is 8.87. The molecule has 130 valence electrons. The SMILES string of the molecule is Cc1cc2c(N3CCCC3)ccnc2cc1COc1ccc(C#N)cc1. The molecule has 0 N–H and O–H groups in total. The number of aromatic nitrogens is 1. The molecule has 1 aliphatic rings. The van der Waals surface area contributed by atoms with Gasteiger partial charge >= 0.3 is 0 Å². The standard InChI is InChI=1S/C22H21N3O/c1-16-12-20-21(24-9-8-22(20)25-10-2-3-11-25)13-18(16)15-26-19-6-4-17(14-23)5-7-19/h4-9,12-13H,2-3,10-11,15H2,1H3. The smallest absolute Gasteiger partial charge is 0.119 e. The Labute approximate surface area is 153 Å². The first-order valence-corrected chi connectivity index (χ1v) is 9.01. The van der Waals surface area contributed by atoms with E-state index in [0.29, 0.717) is 12.2 Å². The normalized spacial score (nSPS) is 13.8. The third-order valence-corrected chi connectivity index (χ3v) is 5.00. The minimum absolute atomic E-state index is 0.489. The number of aryl methyl sites for hydroxylation is 1. The van der Waals surface area contributed by atoms with Gasteiger partial charge < -0.3 is 9.64 Å². The molecule has 1 saturated heterocycles. The number of anilines is 1. The van der Waals surface area contributed by atoms with Crippen molar-refractivity contribution in [3.8, 4) is 11.8 Å². The van der Waals surface area contributed by atoms with Gasteiger partial charge in [0.25, 0.3) is 0 Å². The third kappa shape index (κ3) is 3.21. The molecule has 2 heterocycles. The van der Waals surface area contributed by atoms with Crippen LogP contribution < -0.4 is 9.64 Å². The van der Waals surface area contributed by atoms with Crippen molar-refractivity contribution in [3.05, 3.63) is 65.4 Å². The Morgan fingerprint density at radius 1 is 1.12 bits per heavy atom. The molecular formula is C22H21N3O. The molecule has 3 aromatic rings. The Bertz CT molecular complexity index is 967. The summed E-state index contributed by atoms with van der Waals surface area (Å²) < 4.78 is 5.90. The summed E-state index contributed by atoms with van der Waals surface area (Å²) in [7, 11) is 0. The lowest BCUT2D eigenvalue weighted by atomic mass is 10.0. The summed E-state index contributed by atoms with van der Waals surface area (Å²) in [6, 6.07) is 15.8. The molecule has 1 aromatic heterocycles. The van der Waals surface area contributed by atoms with E-state index in [9.17, 15) is 0 Å². The molecule has 0 unspecified atom stereocenters. The zero-order valence-electron chi connectivity index (χ0n) is 14.9. The van der Waals surface area contributed by atoms with Crippen LogP contribution in [0.5, 0.6) is 5.75 Å². The van der Waals surface area contributed by atoms with Gasteiger partial charge in [0, 0.05) is 30.4 Å². The van der Waals surface area contributed by atoms with Crippen molar-refractivity contribution in [2.24, 2.45) is 0 Å². The van der Waals surface area contributed by atoms with E-state index >= 15 is 0 Å². The van der Waals surface area contributed by atoms with E-state index in [2.05, 4.69) is 41.1 Å². The van der Waals surface area contributed by atoms with Crippen molar-refractivity contribution in [3.63, 3.8) is 0 Å². The molecule has 4 heteroatoms. The van der Waals surface area contributed by atoms with Gasteiger partial charge in [0.05, 0.1) is 17.1 Å². The summed E-state index contributed by atoms with van der Waals surface area (Å²) in [5.41, 5.74) is 5.28. The van der Waals surface area contributed by atoms with Crippen molar-refractivity contribution in [1.29, 1.82) is 5.26 Å². The number of hydrogen-bond acceptors (Lipinski definition) is 4. The maximum atomic E-state index is 8.87. The molecule has 0 amide bonds. The van der Waals surface area contributed by atoms with E-state index in [1.807, 2.05) is 18.3 Å². The zero-order chi connectivity index (χ0) is 17.9. The second kappa shape index (κ2) is 7.05. The van der Waals surface area contributed by atoms with Crippen LogP contribution in [0.2, 0.25) is 0 Å². The lowest BCUT2D eigenvalue weighted by Gasteiger charge is -2.20. The van der Waals surface area contributed by atoms with Gasteiger partial charge in [-0.3, -0.25) is 4.98 Å². The number of ether oxygens (including phenoxy) is 1. The van der Waals surface area contributed by atoms with E-state index in [4.69, 9.17) is 10.00 Å². The van der Waals surface area contributed by atoms with E-state index in [0.717, 1.165) is 29.9 Å². The van der Waals surface area contributed by atoms with E-state index < -0.39 is 0 Å². The quantitative estimate of drug-likeness (QED) is 0.695. The van der Waals surface area contributed by atoms with Crippen molar-refractivity contribution in [2.75, 3.05) is 18.0 Å². The van der Waals surface area contributed by atoms with E-state index in [-0.39, 0.29) is 0 Å². The number of rotatable bonds is 4. The fourth-order valence-corrected chi connectivity index (χ4v) is 3.51. The van der Waals surface area contributed by atoms with Crippen LogP contribution in [0.4, 0.5) is 5.69 Å². The van der Waals surface area contributed by atoms with Crippen LogP contribution in [0, 0.1) is 18.3 Å². The molecule has 0 aliphatic carbocycles. The van der Waals surface area contributed by atoms with E-state index in [1.54, 1.807) is 12.1 Å². The molecule has 0 spiro atoms. The summed E-state index contributed by atoms with van der Waals surface area (Å²) in [4.78, 5) is 7.03.